The monoisotopic (exact) mass is 379 g/mol. The lowest BCUT2D eigenvalue weighted by Gasteiger charge is -2.25. The summed E-state index contributed by atoms with van der Waals surface area (Å²) in [6.45, 7) is 0. The fourth-order valence-corrected chi connectivity index (χ4v) is 3.41. The van der Waals surface area contributed by atoms with E-state index in [9.17, 15) is 4.79 Å². The molecule has 0 saturated heterocycles. The standard InChI is InChI=1S/C18H22BrNOS/c1-22(2,3)13-12-14-8-4-7-11-17(14)20-18(21)15-9-5-6-10-16(15)19/h4-11H,12-13H2,1-3H3,(H,20,21). The Balaban J connectivity index is 2.16. The number of nitrogens with one attached hydrogen (secondary N) is 1. The van der Waals surface area contributed by atoms with E-state index in [2.05, 4.69) is 46.1 Å². The molecule has 2 nitrogen and oxygen atoms in total. The number of hydrogen-bond acceptors (Lipinski definition) is 1. The molecule has 22 heavy (non-hydrogen) atoms. The van der Waals surface area contributed by atoms with Crippen molar-refractivity contribution in [2.45, 2.75) is 6.42 Å². The van der Waals surface area contributed by atoms with Gasteiger partial charge in [0.1, 0.15) is 0 Å². The molecule has 0 saturated carbocycles. The Kier molecular flexibility index (Phi) is 5.70. The second-order valence-electron chi connectivity index (χ2n) is 6.14. The van der Waals surface area contributed by atoms with Gasteiger partial charge >= 0.3 is 0 Å². The third-order valence-electron chi connectivity index (χ3n) is 3.37. The summed E-state index contributed by atoms with van der Waals surface area (Å²) in [6.07, 6.45) is 7.94. The largest absolute Gasteiger partial charge is 0.322 e. The van der Waals surface area contributed by atoms with Crippen LogP contribution in [0, 0.1) is 0 Å². The zero-order chi connectivity index (χ0) is 16.2. The van der Waals surface area contributed by atoms with Gasteiger partial charge in [0.05, 0.1) is 5.56 Å². The molecule has 0 bridgehead atoms. The smallest absolute Gasteiger partial charge is 0.256 e. The highest BCUT2D eigenvalue weighted by Gasteiger charge is 2.12. The van der Waals surface area contributed by atoms with Crippen molar-refractivity contribution in [1.29, 1.82) is 0 Å². The first-order valence-corrected chi connectivity index (χ1v) is 11.0. The van der Waals surface area contributed by atoms with E-state index in [1.807, 2.05) is 42.5 Å². The molecule has 0 aliphatic heterocycles. The van der Waals surface area contributed by atoms with Gasteiger partial charge in [-0.15, -0.1) is 0 Å². The van der Waals surface area contributed by atoms with Crippen LogP contribution in [0.1, 0.15) is 15.9 Å². The molecule has 0 radical (unpaired) electrons. The van der Waals surface area contributed by atoms with Crippen LogP contribution in [-0.4, -0.2) is 30.4 Å². The highest BCUT2D eigenvalue weighted by Crippen LogP contribution is 2.35. The number of halogens is 1. The van der Waals surface area contributed by atoms with Crippen LogP contribution in [0.25, 0.3) is 0 Å². The summed E-state index contributed by atoms with van der Waals surface area (Å²) in [5, 5.41) is 3.04. The normalized spacial score (nSPS) is 12.0. The summed E-state index contributed by atoms with van der Waals surface area (Å²) >= 11 is 3.43. The fourth-order valence-electron chi connectivity index (χ4n) is 2.11. The molecule has 0 heterocycles. The van der Waals surface area contributed by atoms with Crippen LogP contribution in [0.5, 0.6) is 0 Å². The summed E-state index contributed by atoms with van der Waals surface area (Å²) < 4.78 is 0.809. The molecule has 0 aromatic heterocycles. The second-order valence-corrected chi connectivity index (χ2v) is 11.6. The Morgan fingerprint density at radius 1 is 1.05 bits per heavy atom. The van der Waals surface area contributed by atoms with Crippen molar-refractivity contribution in [3.05, 3.63) is 64.1 Å². The number of benzene rings is 2. The minimum absolute atomic E-state index is 0.0805. The number of anilines is 1. The number of hydrogen-bond donors (Lipinski definition) is 1. The molecule has 2 rings (SSSR count). The van der Waals surface area contributed by atoms with Gasteiger partial charge in [-0.2, -0.15) is 0 Å². The summed E-state index contributed by atoms with van der Waals surface area (Å²) in [5.41, 5.74) is 2.76. The van der Waals surface area contributed by atoms with E-state index in [-0.39, 0.29) is 5.91 Å². The van der Waals surface area contributed by atoms with Crippen LogP contribution in [-0.2, 0) is 6.42 Å². The van der Waals surface area contributed by atoms with Gasteiger partial charge in [-0.1, -0.05) is 30.3 Å². The van der Waals surface area contributed by atoms with Gasteiger partial charge in [-0.05, 0) is 70.6 Å². The van der Waals surface area contributed by atoms with E-state index in [1.54, 1.807) is 0 Å². The lowest BCUT2D eigenvalue weighted by molar-refractivity contribution is 0.102. The van der Waals surface area contributed by atoms with Gasteiger partial charge in [0.15, 0.2) is 0 Å². The molecule has 0 spiro atoms. The number of rotatable bonds is 5. The number of amides is 1. The summed E-state index contributed by atoms with van der Waals surface area (Å²) in [4.78, 5) is 12.5. The Labute approximate surface area is 142 Å². The van der Waals surface area contributed by atoms with E-state index >= 15 is 0 Å². The minimum Gasteiger partial charge on any atom is -0.322 e. The minimum atomic E-state index is -0.547. The van der Waals surface area contributed by atoms with Gasteiger partial charge in [-0.25, -0.2) is 10.0 Å². The maximum absolute atomic E-state index is 12.5. The molecule has 1 N–H and O–H groups in total. The highest BCUT2D eigenvalue weighted by atomic mass is 79.9. The van der Waals surface area contributed by atoms with Gasteiger partial charge in [0, 0.05) is 10.2 Å². The predicted octanol–water partition coefficient (Wildman–Crippen LogP) is 4.94. The van der Waals surface area contributed by atoms with Crippen LogP contribution in [0.2, 0.25) is 0 Å². The van der Waals surface area contributed by atoms with Gasteiger partial charge in [0.2, 0.25) is 0 Å². The maximum atomic E-state index is 12.5. The molecule has 2 aromatic rings. The summed E-state index contributed by atoms with van der Waals surface area (Å²) in [6, 6.07) is 15.5. The van der Waals surface area contributed by atoms with Crippen molar-refractivity contribution in [2.75, 3.05) is 29.8 Å². The van der Waals surface area contributed by atoms with E-state index in [1.165, 1.54) is 5.56 Å². The lowest BCUT2D eigenvalue weighted by atomic mass is 10.1. The molecule has 0 aliphatic rings. The topological polar surface area (TPSA) is 29.1 Å². The molecule has 0 aliphatic carbocycles. The highest BCUT2D eigenvalue weighted by molar-refractivity contribution is 9.10. The molecule has 4 heteroatoms. The van der Waals surface area contributed by atoms with Crippen LogP contribution < -0.4 is 5.32 Å². The van der Waals surface area contributed by atoms with Crippen molar-refractivity contribution in [1.82, 2.24) is 0 Å². The van der Waals surface area contributed by atoms with Gasteiger partial charge < -0.3 is 5.32 Å². The van der Waals surface area contributed by atoms with Crippen molar-refractivity contribution in [3.63, 3.8) is 0 Å². The van der Waals surface area contributed by atoms with Gasteiger partial charge in [-0.3, -0.25) is 4.79 Å². The third-order valence-corrected chi connectivity index (χ3v) is 5.49. The molecular weight excluding hydrogens is 358 g/mol. The van der Waals surface area contributed by atoms with E-state index in [0.29, 0.717) is 5.56 Å². The summed E-state index contributed by atoms with van der Waals surface area (Å²) in [7, 11) is -0.547. The Morgan fingerprint density at radius 2 is 1.68 bits per heavy atom. The van der Waals surface area contributed by atoms with Crippen molar-refractivity contribution in [2.24, 2.45) is 0 Å². The zero-order valence-corrected chi connectivity index (χ0v) is 15.6. The van der Waals surface area contributed by atoms with Crippen LogP contribution >= 0.6 is 26.0 Å². The molecule has 2 aromatic carbocycles. The average molecular weight is 380 g/mol. The van der Waals surface area contributed by atoms with Crippen LogP contribution in [0.15, 0.2) is 53.0 Å². The fraction of sp³-hybridized carbons (Fsp3) is 0.278. The van der Waals surface area contributed by atoms with E-state index in [0.717, 1.165) is 22.3 Å². The number of carbonyl (C=O) groups is 1. The number of para-hydroxylation sites is 1. The van der Waals surface area contributed by atoms with Crippen LogP contribution in [0.3, 0.4) is 0 Å². The van der Waals surface area contributed by atoms with Crippen molar-refractivity contribution >= 4 is 37.6 Å². The molecule has 1 amide bonds. The average Bonchev–Trinajstić information content (AvgIpc) is 2.46. The lowest BCUT2D eigenvalue weighted by Crippen LogP contribution is -2.14. The van der Waals surface area contributed by atoms with E-state index in [4.69, 9.17) is 0 Å². The summed E-state index contributed by atoms with van der Waals surface area (Å²) in [5.74, 6) is 1.08. The predicted molar refractivity (Wildman–Crippen MR) is 102 cm³/mol. The Hall–Kier alpha value is -1.26. The first-order valence-electron chi connectivity index (χ1n) is 7.16. The van der Waals surface area contributed by atoms with E-state index < -0.39 is 10.0 Å². The molecule has 0 unspecified atom stereocenters. The maximum Gasteiger partial charge on any atom is 0.256 e. The Morgan fingerprint density at radius 3 is 2.36 bits per heavy atom. The van der Waals surface area contributed by atoms with Crippen molar-refractivity contribution in [3.8, 4) is 0 Å². The van der Waals surface area contributed by atoms with Gasteiger partial charge in [0.25, 0.3) is 5.91 Å². The quantitative estimate of drug-likeness (QED) is 0.782. The second kappa shape index (κ2) is 7.34. The third kappa shape index (κ3) is 4.89. The molecular formula is C18H22BrNOS. The van der Waals surface area contributed by atoms with Crippen molar-refractivity contribution < 1.29 is 4.79 Å². The number of aryl methyl sites for hydroxylation is 1. The zero-order valence-electron chi connectivity index (χ0n) is 13.2. The SMILES string of the molecule is CS(C)(C)CCc1ccccc1NC(=O)c1ccccc1Br. The number of carbonyl (C=O) groups excluding carboxylic acids is 1. The Bertz CT molecular complexity index is 664. The first-order chi connectivity index (χ1) is 10.4. The molecule has 118 valence electrons. The first kappa shape index (κ1) is 17.1. The molecule has 0 atom stereocenters. The van der Waals surface area contributed by atoms with Crippen LogP contribution in [0.4, 0.5) is 5.69 Å². The molecule has 0 fully saturated rings.